The Labute approximate surface area is 141 Å². The van der Waals surface area contributed by atoms with Gasteiger partial charge in [-0.25, -0.2) is 0 Å². The Morgan fingerprint density at radius 1 is 1.22 bits per heavy atom. The van der Waals surface area contributed by atoms with E-state index in [1.807, 2.05) is 4.90 Å². The molecule has 2 heterocycles. The molecule has 0 aromatic rings. The average Bonchev–Trinajstić information content (AvgIpc) is 2.83. The van der Waals surface area contributed by atoms with Crippen LogP contribution in [0.4, 0.5) is 0 Å². The van der Waals surface area contributed by atoms with E-state index < -0.39 is 0 Å². The molecule has 2 saturated heterocycles. The molecule has 0 aromatic carbocycles. The van der Waals surface area contributed by atoms with Gasteiger partial charge in [-0.05, 0) is 58.3 Å². The highest BCUT2D eigenvalue weighted by Crippen LogP contribution is 2.28. The van der Waals surface area contributed by atoms with E-state index in [-0.39, 0.29) is 0 Å². The first-order valence-corrected chi connectivity index (χ1v) is 9.12. The number of hydrogen-bond donors (Lipinski definition) is 0. The summed E-state index contributed by atoms with van der Waals surface area (Å²) in [5.41, 5.74) is 0.369. The second-order valence-electron chi connectivity index (χ2n) is 8.23. The number of ether oxygens (including phenoxy) is 1. The molecule has 23 heavy (non-hydrogen) atoms. The summed E-state index contributed by atoms with van der Waals surface area (Å²) in [6, 6.07) is 0. The molecule has 0 spiro atoms. The molecule has 0 aliphatic carbocycles. The molecule has 2 aliphatic heterocycles. The summed E-state index contributed by atoms with van der Waals surface area (Å²) in [5.74, 6) is 0.300. The number of likely N-dealkylation sites (tertiary alicyclic amines) is 2. The number of piperidine rings is 1. The predicted octanol–water partition coefficient (Wildman–Crippen LogP) is 1.68. The van der Waals surface area contributed by atoms with Crippen molar-refractivity contribution in [3.05, 3.63) is 0 Å². The molecule has 0 unspecified atom stereocenters. The molecule has 0 atom stereocenters. The van der Waals surface area contributed by atoms with Crippen LogP contribution in [0.2, 0.25) is 0 Å². The maximum Gasteiger partial charge on any atom is 0.236 e. The molecule has 1 amide bonds. The van der Waals surface area contributed by atoms with Crippen molar-refractivity contribution < 1.29 is 9.53 Å². The van der Waals surface area contributed by atoms with Gasteiger partial charge >= 0.3 is 0 Å². The molecular formula is C18H35N3O2. The van der Waals surface area contributed by atoms with Gasteiger partial charge in [-0.2, -0.15) is 0 Å². The van der Waals surface area contributed by atoms with Gasteiger partial charge in [-0.15, -0.1) is 0 Å². The number of carbonyl (C=O) groups excluding carboxylic acids is 1. The molecule has 5 heteroatoms. The van der Waals surface area contributed by atoms with Crippen LogP contribution in [-0.4, -0.2) is 86.7 Å². The molecule has 0 N–H and O–H groups in total. The summed E-state index contributed by atoms with van der Waals surface area (Å²) in [7, 11) is 4.18. The highest BCUT2D eigenvalue weighted by molar-refractivity contribution is 5.78. The van der Waals surface area contributed by atoms with Crippen molar-refractivity contribution in [2.45, 2.75) is 45.6 Å². The van der Waals surface area contributed by atoms with Gasteiger partial charge in [-0.3, -0.25) is 9.69 Å². The van der Waals surface area contributed by atoms with Crippen LogP contribution in [-0.2, 0) is 9.53 Å². The topological polar surface area (TPSA) is 36.0 Å². The quantitative estimate of drug-likeness (QED) is 0.667. The van der Waals surface area contributed by atoms with Gasteiger partial charge < -0.3 is 14.5 Å². The standard InChI is InChI=1S/C18H35N3O2/c1-18(2)8-12-20(15-18)14-17(22)21-10-6-16(7-11-21)23-13-5-9-19(3)4/h16H,5-15H2,1-4H3. The van der Waals surface area contributed by atoms with Crippen LogP contribution in [0, 0.1) is 5.41 Å². The van der Waals surface area contributed by atoms with E-state index in [2.05, 4.69) is 37.7 Å². The predicted molar refractivity (Wildman–Crippen MR) is 93.6 cm³/mol. The Bertz CT molecular complexity index is 376. The third-order valence-corrected chi connectivity index (χ3v) is 5.01. The van der Waals surface area contributed by atoms with Gasteiger partial charge in [0.25, 0.3) is 0 Å². The lowest BCUT2D eigenvalue weighted by molar-refractivity contribution is -0.134. The first-order chi connectivity index (χ1) is 10.9. The minimum atomic E-state index is 0.300. The molecule has 5 nitrogen and oxygen atoms in total. The Hall–Kier alpha value is -0.650. The third-order valence-electron chi connectivity index (χ3n) is 5.01. The largest absolute Gasteiger partial charge is 0.378 e. The van der Waals surface area contributed by atoms with Crippen molar-refractivity contribution in [2.24, 2.45) is 5.41 Å². The second-order valence-corrected chi connectivity index (χ2v) is 8.23. The van der Waals surface area contributed by atoms with Crippen molar-refractivity contribution >= 4 is 5.91 Å². The van der Waals surface area contributed by atoms with Gasteiger partial charge in [0.05, 0.1) is 12.6 Å². The lowest BCUT2D eigenvalue weighted by Crippen LogP contribution is -2.45. The summed E-state index contributed by atoms with van der Waals surface area (Å²) in [6.07, 6.45) is 4.59. The number of hydrogen-bond acceptors (Lipinski definition) is 4. The summed E-state index contributed by atoms with van der Waals surface area (Å²) in [4.78, 5) is 19.0. The van der Waals surface area contributed by atoms with E-state index in [4.69, 9.17) is 4.74 Å². The van der Waals surface area contributed by atoms with Crippen molar-refractivity contribution in [1.82, 2.24) is 14.7 Å². The van der Waals surface area contributed by atoms with Crippen LogP contribution in [0.5, 0.6) is 0 Å². The maximum absolute atomic E-state index is 12.4. The lowest BCUT2D eigenvalue weighted by atomic mass is 9.93. The molecule has 0 aromatic heterocycles. The van der Waals surface area contributed by atoms with Crippen LogP contribution < -0.4 is 0 Å². The zero-order valence-corrected chi connectivity index (χ0v) is 15.5. The van der Waals surface area contributed by atoms with Gasteiger partial charge in [0, 0.05) is 26.2 Å². The molecule has 2 aliphatic rings. The van der Waals surface area contributed by atoms with Crippen LogP contribution in [0.25, 0.3) is 0 Å². The average molecular weight is 325 g/mol. The molecule has 0 bridgehead atoms. The van der Waals surface area contributed by atoms with E-state index in [0.29, 0.717) is 24.0 Å². The fraction of sp³-hybridized carbons (Fsp3) is 0.944. The third kappa shape index (κ3) is 6.40. The van der Waals surface area contributed by atoms with Crippen molar-refractivity contribution in [1.29, 1.82) is 0 Å². The number of rotatable bonds is 7. The number of carbonyl (C=O) groups is 1. The van der Waals surface area contributed by atoms with Crippen LogP contribution in [0.3, 0.4) is 0 Å². The van der Waals surface area contributed by atoms with Crippen LogP contribution >= 0.6 is 0 Å². The summed E-state index contributed by atoms with van der Waals surface area (Å²) in [5, 5.41) is 0. The minimum Gasteiger partial charge on any atom is -0.378 e. The second kappa shape index (κ2) is 8.45. The molecule has 0 saturated carbocycles. The monoisotopic (exact) mass is 325 g/mol. The van der Waals surface area contributed by atoms with Gasteiger partial charge in [0.1, 0.15) is 0 Å². The number of nitrogens with zero attached hydrogens (tertiary/aromatic N) is 3. The summed E-state index contributed by atoms with van der Waals surface area (Å²) >= 11 is 0. The fourth-order valence-corrected chi connectivity index (χ4v) is 3.55. The van der Waals surface area contributed by atoms with Gasteiger partial charge in [-0.1, -0.05) is 13.8 Å². The molecular weight excluding hydrogens is 290 g/mol. The molecule has 134 valence electrons. The number of amides is 1. The van der Waals surface area contributed by atoms with Crippen LogP contribution in [0.15, 0.2) is 0 Å². The Morgan fingerprint density at radius 3 is 2.48 bits per heavy atom. The van der Waals surface area contributed by atoms with Gasteiger partial charge in [0.15, 0.2) is 0 Å². The Morgan fingerprint density at radius 2 is 1.91 bits per heavy atom. The zero-order chi connectivity index (χ0) is 16.9. The van der Waals surface area contributed by atoms with Crippen molar-refractivity contribution in [3.63, 3.8) is 0 Å². The highest BCUT2D eigenvalue weighted by Gasteiger charge is 2.31. The maximum atomic E-state index is 12.4. The fourth-order valence-electron chi connectivity index (χ4n) is 3.55. The van der Waals surface area contributed by atoms with E-state index in [9.17, 15) is 4.79 Å². The van der Waals surface area contributed by atoms with E-state index in [1.165, 1.54) is 6.42 Å². The SMILES string of the molecule is CN(C)CCCOC1CCN(C(=O)CN2CCC(C)(C)C2)CC1. The Kier molecular flexibility index (Phi) is 6.86. The van der Waals surface area contributed by atoms with Crippen molar-refractivity contribution in [3.8, 4) is 0 Å². The lowest BCUT2D eigenvalue weighted by Gasteiger charge is -2.33. The van der Waals surface area contributed by atoms with E-state index >= 15 is 0 Å². The highest BCUT2D eigenvalue weighted by atomic mass is 16.5. The van der Waals surface area contributed by atoms with Gasteiger partial charge in [0.2, 0.25) is 5.91 Å². The van der Waals surface area contributed by atoms with E-state index in [1.54, 1.807) is 0 Å². The summed E-state index contributed by atoms with van der Waals surface area (Å²) in [6.45, 7) is 10.9. The first-order valence-electron chi connectivity index (χ1n) is 9.12. The molecule has 2 rings (SSSR count). The summed E-state index contributed by atoms with van der Waals surface area (Å²) < 4.78 is 5.95. The van der Waals surface area contributed by atoms with E-state index in [0.717, 1.165) is 58.6 Å². The first kappa shape index (κ1) is 18.7. The normalized spacial score (nSPS) is 22.9. The Balaban J connectivity index is 1.61. The van der Waals surface area contributed by atoms with Crippen LogP contribution in [0.1, 0.15) is 39.5 Å². The molecule has 0 radical (unpaired) electrons. The molecule has 2 fully saturated rings. The smallest absolute Gasteiger partial charge is 0.236 e. The minimum absolute atomic E-state index is 0.300. The van der Waals surface area contributed by atoms with Crippen molar-refractivity contribution in [2.75, 3.05) is 60.0 Å². The zero-order valence-electron chi connectivity index (χ0n) is 15.5.